The van der Waals surface area contributed by atoms with Crippen LogP contribution in [0, 0.1) is 0 Å². The number of thiol groups is 1. The van der Waals surface area contributed by atoms with E-state index in [9.17, 15) is 0 Å². The molecule has 72 valence electrons. The maximum absolute atomic E-state index is 8.64. The first-order valence-corrected chi connectivity index (χ1v) is 4.98. The topological polar surface area (TPSA) is 23.5 Å². The second-order valence-electron chi connectivity index (χ2n) is 2.85. The zero-order chi connectivity index (χ0) is 9.40. The Morgan fingerprint density at radius 2 is 2.25 bits per heavy atom. The van der Waals surface area contributed by atoms with E-state index in [4.69, 9.17) is 5.11 Å². The van der Waals surface area contributed by atoms with Crippen LogP contribution < -0.4 is 0 Å². The van der Waals surface area contributed by atoms with Gasteiger partial charge in [-0.1, -0.05) is 19.1 Å². The standard InChI is InChI=1S/C9H19NOS/c1-3-10(5-4-6-11)7-9(2)8-12/h11-12H,2-8H2,1H3. The van der Waals surface area contributed by atoms with Crippen molar-refractivity contribution in [2.75, 3.05) is 32.0 Å². The van der Waals surface area contributed by atoms with Gasteiger partial charge in [-0.2, -0.15) is 12.6 Å². The molecule has 0 saturated carbocycles. The number of rotatable bonds is 7. The van der Waals surface area contributed by atoms with Gasteiger partial charge in [-0.15, -0.1) is 0 Å². The first kappa shape index (κ1) is 12.0. The summed E-state index contributed by atoms with van der Waals surface area (Å²) in [7, 11) is 0. The Balaban J connectivity index is 3.59. The van der Waals surface area contributed by atoms with Gasteiger partial charge in [-0.05, 0) is 13.0 Å². The molecule has 0 aliphatic heterocycles. The lowest BCUT2D eigenvalue weighted by atomic mass is 10.3. The quantitative estimate of drug-likeness (QED) is 0.464. The predicted molar refractivity (Wildman–Crippen MR) is 56.8 cm³/mol. The van der Waals surface area contributed by atoms with Crippen LogP contribution in [0.3, 0.4) is 0 Å². The summed E-state index contributed by atoms with van der Waals surface area (Å²) in [6.45, 7) is 9.12. The molecule has 1 N–H and O–H groups in total. The number of aliphatic hydroxyl groups is 1. The maximum Gasteiger partial charge on any atom is 0.0443 e. The summed E-state index contributed by atoms with van der Waals surface area (Å²) in [4.78, 5) is 2.26. The summed E-state index contributed by atoms with van der Waals surface area (Å²) >= 11 is 4.14. The van der Waals surface area contributed by atoms with Crippen LogP contribution in [0.1, 0.15) is 13.3 Å². The molecule has 2 nitrogen and oxygen atoms in total. The molecule has 3 heteroatoms. The van der Waals surface area contributed by atoms with Crippen molar-refractivity contribution in [3.8, 4) is 0 Å². The normalized spacial score (nSPS) is 10.7. The van der Waals surface area contributed by atoms with Crippen molar-refractivity contribution in [2.45, 2.75) is 13.3 Å². The average Bonchev–Trinajstić information content (AvgIpc) is 2.11. The van der Waals surface area contributed by atoms with E-state index in [0.717, 1.165) is 37.4 Å². The molecule has 0 aliphatic carbocycles. The van der Waals surface area contributed by atoms with Crippen LogP contribution >= 0.6 is 12.6 Å². The van der Waals surface area contributed by atoms with E-state index >= 15 is 0 Å². The molecule has 0 amide bonds. The molecule has 0 aromatic rings. The number of hydrogen-bond acceptors (Lipinski definition) is 3. The summed E-state index contributed by atoms with van der Waals surface area (Å²) < 4.78 is 0. The van der Waals surface area contributed by atoms with Gasteiger partial charge in [0.2, 0.25) is 0 Å². The molecule has 0 atom stereocenters. The Bertz CT molecular complexity index is 128. The van der Waals surface area contributed by atoms with Crippen LogP contribution in [0.25, 0.3) is 0 Å². The van der Waals surface area contributed by atoms with Crippen LogP contribution in [0.4, 0.5) is 0 Å². The van der Waals surface area contributed by atoms with Gasteiger partial charge in [0.05, 0.1) is 0 Å². The zero-order valence-corrected chi connectivity index (χ0v) is 8.69. The average molecular weight is 189 g/mol. The van der Waals surface area contributed by atoms with Gasteiger partial charge in [0.25, 0.3) is 0 Å². The molecule has 0 aromatic heterocycles. The van der Waals surface area contributed by atoms with Crippen LogP contribution in [0.15, 0.2) is 12.2 Å². The summed E-state index contributed by atoms with van der Waals surface area (Å²) in [5, 5.41) is 8.64. The molecule has 0 bridgehead atoms. The molecule has 0 fully saturated rings. The van der Waals surface area contributed by atoms with Gasteiger partial charge < -0.3 is 5.11 Å². The highest BCUT2D eigenvalue weighted by atomic mass is 32.1. The van der Waals surface area contributed by atoms with E-state index < -0.39 is 0 Å². The third-order valence-electron chi connectivity index (χ3n) is 1.75. The Morgan fingerprint density at radius 1 is 1.58 bits per heavy atom. The molecule has 0 saturated heterocycles. The largest absolute Gasteiger partial charge is 0.396 e. The second kappa shape index (κ2) is 7.65. The molecule has 0 aromatic carbocycles. The Hall–Kier alpha value is 0.01000. The zero-order valence-electron chi connectivity index (χ0n) is 7.79. The van der Waals surface area contributed by atoms with Gasteiger partial charge in [-0.25, -0.2) is 0 Å². The van der Waals surface area contributed by atoms with Gasteiger partial charge >= 0.3 is 0 Å². The summed E-state index contributed by atoms with van der Waals surface area (Å²) in [6.07, 6.45) is 0.841. The van der Waals surface area contributed by atoms with Crippen molar-refractivity contribution in [3.05, 3.63) is 12.2 Å². The number of nitrogens with zero attached hydrogens (tertiary/aromatic N) is 1. The predicted octanol–water partition coefficient (Wildman–Crippen LogP) is 1.18. The third-order valence-corrected chi connectivity index (χ3v) is 2.20. The molecule has 0 unspecified atom stereocenters. The Labute approximate surface area is 80.7 Å². The molecule has 0 heterocycles. The van der Waals surface area contributed by atoms with Crippen molar-refractivity contribution in [1.82, 2.24) is 4.90 Å². The van der Waals surface area contributed by atoms with E-state index in [1.807, 2.05) is 0 Å². The van der Waals surface area contributed by atoms with Crippen LogP contribution in [-0.2, 0) is 0 Å². The summed E-state index contributed by atoms with van der Waals surface area (Å²) in [6, 6.07) is 0. The minimum atomic E-state index is 0.268. The van der Waals surface area contributed by atoms with Crippen molar-refractivity contribution in [3.63, 3.8) is 0 Å². The van der Waals surface area contributed by atoms with Gasteiger partial charge in [0.1, 0.15) is 0 Å². The lowest BCUT2D eigenvalue weighted by Gasteiger charge is -2.20. The van der Waals surface area contributed by atoms with E-state index in [1.54, 1.807) is 0 Å². The summed E-state index contributed by atoms with van der Waals surface area (Å²) in [5.74, 6) is 0.746. The van der Waals surface area contributed by atoms with E-state index in [1.165, 1.54) is 0 Å². The Kier molecular flexibility index (Phi) is 7.65. The highest BCUT2D eigenvalue weighted by molar-refractivity contribution is 7.80. The molecule has 12 heavy (non-hydrogen) atoms. The lowest BCUT2D eigenvalue weighted by Crippen LogP contribution is -2.27. The molecule has 0 rings (SSSR count). The molecular formula is C9H19NOS. The molecular weight excluding hydrogens is 170 g/mol. The minimum absolute atomic E-state index is 0.268. The highest BCUT2D eigenvalue weighted by Crippen LogP contribution is 1.99. The maximum atomic E-state index is 8.64. The fraction of sp³-hybridized carbons (Fsp3) is 0.778. The van der Waals surface area contributed by atoms with E-state index in [2.05, 4.69) is 31.0 Å². The van der Waals surface area contributed by atoms with E-state index in [-0.39, 0.29) is 6.61 Å². The second-order valence-corrected chi connectivity index (χ2v) is 3.17. The number of aliphatic hydroxyl groups excluding tert-OH is 1. The SMILES string of the molecule is C=C(CS)CN(CC)CCCO. The fourth-order valence-corrected chi connectivity index (χ4v) is 1.11. The van der Waals surface area contributed by atoms with Crippen molar-refractivity contribution in [2.24, 2.45) is 0 Å². The van der Waals surface area contributed by atoms with Crippen LogP contribution in [-0.4, -0.2) is 42.0 Å². The summed E-state index contributed by atoms with van der Waals surface area (Å²) in [5.41, 5.74) is 1.14. The fourth-order valence-electron chi connectivity index (χ4n) is 1.01. The monoisotopic (exact) mass is 189 g/mol. The first-order chi connectivity index (χ1) is 5.74. The van der Waals surface area contributed by atoms with Gasteiger partial charge in [-0.3, -0.25) is 4.90 Å². The molecule has 0 radical (unpaired) electrons. The highest BCUT2D eigenvalue weighted by Gasteiger charge is 2.02. The smallest absolute Gasteiger partial charge is 0.0443 e. The Morgan fingerprint density at radius 3 is 2.67 bits per heavy atom. The first-order valence-electron chi connectivity index (χ1n) is 4.35. The van der Waals surface area contributed by atoms with Gasteiger partial charge in [0, 0.05) is 25.4 Å². The molecule has 0 spiro atoms. The minimum Gasteiger partial charge on any atom is -0.396 e. The van der Waals surface area contributed by atoms with Crippen molar-refractivity contribution >= 4 is 12.6 Å². The molecule has 0 aliphatic rings. The number of likely N-dealkylation sites (N-methyl/N-ethyl adjacent to an activating group) is 1. The van der Waals surface area contributed by atoms with Crippen molar-refractivity contribution in [1.29, 1.82) is 0 Å². The van der Waals surface area contributed by atoms with Gasteiger partial charge in [0.15, 0.2) is 0 Å². The lowest BCUT2D eigenvalue weighted by molar-refractivity contribution is 0.240. The third kappa shape index (κ3) is 5.63. The van der Waals surface area contributed by atoms with E-state index in [0.29, 0.717) is 0 Å². The van der Waals surface area contributed by atoms with Crippen LogP contribution in [0.5, 0.6) is 0 Å². The van der Waals surface area contributed by atoms with Crippen LogP contribution in [0.2, 0.25) is 0 Å². The van der Waals surface area contributed by atoms with Crippen molar-refractivity contribution < 1.29 is 5.11 Å². The number of hydrogen-bond donors (Lipinski definition) is 2.